The van der Waals surface area contributed by atoms with Gasteiger partial charge in [-0.25, -0.2) is 13.9 Å². The lowest BCUT2D eigenvalue weighted by atomic mass is 10.0. The molecule has 0 saturated carbocycles. The quantitative estimate of drug-likeness (QED) is 0.379. The number of amides is 1. The number of halogens is 1. The summed E-state index contributed by atoms with van der Waals surface area (Å²) in [6.07, 6.45) is 3.53. The average Bonchev–Trinajstić information content (AvgIpc) is 3.46. The number of aliphatic hydroxyl groups is 1. The summed E-state index contributed by atoms with van der Waals surface area (Å²) in [5.41, 5.74) is 8.82. The highest BCUT2D eigenvalue weighted by Gasteiger charge is 2.23. The molecule has 38 heavy (non-hydrogen) atoms. The van der Waals surface area contributed by atoms with E-state index in [0.717, 1.165) is 23.9 Å². The summed E-state index contributed by atoms with van der Waals surface area (Å²) >= 11 is 0. The van der Waals surface area contributed by atoms with Crippen molar-refractivity contribution in [2.24, 2.45) is 5.73 Å². The topological polar surface area (TPSA) is 119 Å². The minimum Gasteiger partial charge on any atom is -0.389 e. The second kappa shape index (κ2) is 9.96. The molecule has 1 saturated heterocycles. The zero-order valence-corrected chi connectivity index (χ0v) is 21.3. The number of nitrogens with zero attached hydrogens (tertiary/aromatic N) is 7. The molecule has 196 valence electrons. The van der Waals surface area contributed by atoms with Gasteiger partial charge < -0.3 is 15.7 Å². The molecular weight excluding hydrogens is 487 g/mol. The zero-order valence-electron chi connectivity index (χ0n) is 21.3. The molecule has 2 aromatic heterocycles. The van der Waals surface area contributed by atoms with Gasteiger partial charge in [-0.1, -0.05) is 23.4 Å². The van der Waals surface area contributed by atoms with Crippen LogP contribution in [0.5, 0.6) is 0 Å². The smallest absolute Gasteiger partial charge is 0.244 e. The number of hydrogen-bond acceptors (Lipinski definition) is 6. The normalized spacial score (nSPS) is 16.1. The van der Waals surface area contributed by atoms with Crippen molar-refractivity contribution >= 4 is 22.6 Å². The Morgan fingerprint density at radius 2 is 2.05 bits per heavy atom. The maximum Gasteiger partial charge on any atom is 0.244 e. The highest BCUT2D eigenvalue weighted by atomic mass is 19.1. The fraction of sp³-hybridized carbons (Fsp3) is 0.370. The number of nitrogens with two attached hydrogens (primary N) is 1. The predicted molar refractivity (Wildman–Crippen MR) is 140 cm³/mol. The van der Waals surface area contributed by atoms with Gasteiger partial charge in [0.2, 0.25) is 11.6 Å². The molecule has 3 N–H and O–H groups in total. The summed E-state index contributed by atoms with van der Waals surface area (Å²) < 4.78 is 17.8. The molecule has 11 heteroatoms. The third-order valence-corrected chi connectivity index (χ3v) is 6.57. The van der Waals surface area contributed by atoms with Crippen molar-refractivity contribution in [1.29, 1.82) is 0 Å². The first-order valence-electron chi connectivity index (χ1n) is 12.5. The standard InChI is InChI=1S/C27H29FN8O2/c1-27(2,38)16-36-24-9-7-17(12-23(24)31-33-36)20-14-35(15-25(37)34-10-4-5-19(29)13-34)32-26(20)18-6-8-22(30-3)21(28)11-18/h6-9,11-12,14,19,38H,4-5,10,13,15-16,29H2,1-2H3/t19-/m1/s1. The molecule has 4 aromatic rings. The van der Waals surface area contributed by atoms with Crippen LogP contribution in [0.1, 0.15) is 26.7 Å². The van der Waals surface area contributed by atoms with Gasteiger partial charge in [0.15, 0.2) is 0 Å². The zero-order chi connectivity index (χ0) is 27.0. The van der Waals surface area contributed by atoms with E-state index in [1.807, 2.05) is 18.2 Å². The Bertz CT molecular complexity index is 1540. The maximum absolute atomic E-state index is 14.6. The monoisotopic (exact) mass is 516 g/mol. The molecule has 0 bridgehead atoms. The van der Waals surface area contributed by atoms with Crippen LogP contribution in [0.15, 0.2) is 42.6 Å². The van der Waals surface area contributed by atoms with E-state index in [-0.39, 0.29) is 30.7 Å². The Balaban J connectivity index is 1.54. The first-order chi connectivity index (χ1) is 18.1. The molecule has 0 aliphatic carbocycles. The third-order valence-electron chi connectivity index (χ3n) is 6.57. The summed E-state index contributed by atoms with van der Waals surface area (Å²) in [6.45, 7) is 12.0. The molecule has 10 nitrogen and oxygen atoms in total. The number of rotatable bonds is 6. The fourth-order valence-corrected chi connectivity index (χ4v) is 4.77. The number of piperidine rings is 1. The average molecular weight is 517 g/mol. The number of carbonyl (C=O) groups excluding carboxylic acids is 1. The Morgan fingerprint density at radius 1 is 1.26 bits per heavy atom. The molecule has 0 unspecified atom stereocenters. The molecular formula is C27H29FN8O2. The summed E-state index contributed by atoms with van der Waals surface area (Å²) in [5.74, 6) is -0.721. The number of fused-ring (bicyclic) bond motifs is 1. The molecule has 2 aromatic carbocycles. The molecule has 0 radical (unpaired) electrons. The lowest BCUT2D eigenvalue weighted by Crippen LogP contribution is -2.46. The highest BCUT2D eigenvalue weighted by Crippen LogP contribution is 2.34. The van der Waals surface area contributed by atoms with E-state index in [2.05, 4.69) is 20.3 Å². The van der Waals surface area contributed by atoms with E-state index in [9.17, 15) is 14.3 Å². The van der Waals surface area contributed by atoms with Crippen LogP contribution < -0.4 is 5.73 Å². The van der Waals surface area contributed by atoms with Gasteiger partial charge >= 0.3 is 0 Å². The second-order valence-electron chi connectivity index (χ2n) is 10.4. The van der Waals surface area contributed by atoms with E-state index in [4.69, 9.17) is 12.3 Å². The summed E-state index contributed by atoms with van der Waals surface area (Å²) in [4.78, 5) is 18.0. The molecule has 1 amide bonds. The third kappa shape index (κ3) is 5.27. The van der Waals surface area contributed by atoms with Gasteiger partial charge in [-0.3, -0.25) is 9.48 Å². The molecule has 1 fully saturated rings. The van der Waals surface area contributed by atoms with Crippen LogP contribution >= 0.6 is 0 Å². The van der Waals surface area contributed by atoms with Gasteiger partial charge in [0, 0.05) is 36.5 Å². The van der Waals surface area contributed by atoms with Crippen LogP contribution in [0.25, 0.3) is 38.3 Å². The van der Waals surface area contributed by atoms with Crippen molar-refractivity contribution in [3.63, 3.8) is 0 Å². The highest BCUT2D eigenvalue weighted by molar-refractivity contribution is 5.87. The van der Waals surface area contributed by atoms with Crippen molar-refractivity contribution in [2.45, 2.75) is 51.4 Å². The Kier molecular flexibility index (Phi) is 6.69. The lowest BCUT2D eigenvalue weighted by molar-refractivity contribution is -0.133. The Labute approximate surface area is 219 Å². The predicted octanol–water partition coefficient (Wildman–Crippen LogP) is 3.37. The number of aromatic nitrogens is 5. The van der Waals surface area contributed by atoms with Crippen molar-refractivity contribution in [3.05, 3.63) is 59.8 Å². The van der Waals surface area contributed by atoms with Crippen LogP contribution in [0.3, 0.4) is 0 Å². The molecule has 1 aliphatic rings. The van der Waals surface area contributed by atoms with E-state index in [1.54, 1.807) is 40.4 Å². The van der Waals surface area contributed by atoms with Crippen molar-refractivity contribution < 1.29 is 14.3 Å². The van der Waals surface area contributed by atoms with E-state index >= 15 is 0 Å². The van der Waals surface area contributed by atoms with Crippen LogP contribution in [0, 0.1) is 12.4 Å². The molecule has 0 spiro atoms. The molecule has 1 aliphatic heterocycles. The Hall–Kier alpha value is -4.14. The van der Waals surface area contributed by atoms with Gasteiger partial charge in [0.1, 0.15) is 23.6 Å². The largest absolute Gasteiger partial charge is 0.389 e. The number of likely N-dealkylation sites (tertiary alicyclic amines) is 1. The second-order valence-corrected chi connectivity index (χ2v) is 10.4. The van der Waals surface area contributed by atoms with E-state index < -0.39 is 11.4 Å². The van der Waals surface area contributed by atoms with Crippen molar-refractivity contribution in [1.82, 2.24) is 29.7 Å². The molecule has 3 heterocycles. The summed E-state index contributed by atoms with van der Waals surface area (Å²) in [5, 5.41) is 23.3. The maximum atomic E-state index is 14.6. The minimum atomic E-state index is -0.958. The van der Waals surface area contributed by atoms with Gasteiger partial charge in [-0.05, 0) is 50.5 Å². The summed E-state index contributed by atoms with van der Waals surface area (Å²) in [7, 11) is 0. The SMILES string of the molecule is [C-]#[N+]c1ccc(-c2nn(CC(=O)N3CCC[C@@H](N)C3)cc2-c2ccc3c(c2)nnn3CC(C)(C)O)cc1F. The van der Waals surface area contributed by atoms with E-state index in [0.29, 0.717) is 35.4 Å². The minimum absolute atomic E-state index is 0.0202. The van der Waals surface area contributed by atoms with Crippen molar-refractivity contribution in [2.75, 3.05) is 13.1 Å². The Morgan fingerprint density at radius 3 is 2.76 bits per heavy atom. The number of benzene rings is 2. The van der Waals surface area contributed by atoms with Crippen LogP contribution in [0.4, 0.5) is 10.1 Å². The fourth-order valence-electron chi connectivity index (χ4n) is 4.77. The molecule has 1 atom stereocenters. The molecule has 5 rings (SSSR count). The van der Waals surface area contributed by atoms with Crippen molar-refractivity contribution in [3.8, 4) is 22.4 Å². The van der Waals surface area contributed by atoms with Gasteiger partial charge in [-0.15, -0.1) is 5.10 Å². The summed E-state index contributed by atoms with van der Waals surface area (Å²) in [6, 6.07) is 9.92. The van der Waals surface area contributed by atoms with Crippen LogP contribution in [-0.4, -0.2) is 65.4 Å². The number of hydrogen-bond donors (Lipinski definition) is 2. The first-order valence-corrected chi connectivity index (χ1v) is 12.5. The van der Waals surface area contributed by atoms with E-state index in [1.165, 1.54) is 12.1 Å². The van der Waals surface area contributed by atoms with Gasteiger partial charge in [0.25, 0.3) is 0 Å². The van der Waals surface area contributed by atoms with Crippen LogP contribution in [0.2, 0.25) is 0 Å². The van der Waals surface area contributed by atoms with Gasteiger partial charge in [-0.2, -0.15) is 5.10 Å². The lowest BCUT2D eigenvalue weighted by Gasteiger charge is -2.30. The van der Waals surface area contributed by atoms with Crippen LogP contribution in [-0.2, 0) is 17.9 Å². The van der Waals surface area contributed by atoms with Gasteiger partial charge in [0.05, 0.1) is 24.2 Å². The first kappa shape index (κ1) is 25.5. The number of carbonyl (C=O) groups is 1.